The number of amides is 2. The van der Waals surface area contributed by atoms with Crippen molar-refractivity contribution in [3.05, 3.63) is 0 Å². The van der Waals surface area contributed by atoms with Crippen LogP contribution in [0.2, 0.25) is 0 Å². The average Bonchev–Trinajstić information content (AvgIpc) is 2.45. The number of rotatable bonds is 6. The maximum atomic E-state index is 12.5. The van der Waals surface area contributed by atoms with E-state index in [4.69, 9.17) is 4.74 Å². The first kappa shape index (κ1) is 18.0. The van der Waals surface area contributed by atoms with Crippen molar-refractivity contribution in [2.75, 3.05) is 26.2 Å². The number of ether oxygens (including phenoxy) is 1. The van der Waals surface area contributed by atoms with Crippen LogP contribution in [0, 0.1) is 0 Å². The second-order valence-corrected chi connectivity index (χ2v) is 5.97. The summed E-state index contributed by atoms with van der Waals surface area (Å²) in [6.07, 6.45) is 3.92. The Hall–Kier alpha value is -1.10. The van der Waals surface area contributed by atoms with Crippen LogP contribution in [0.15, 0.2) is 0 Å². The molecule has 5 nitrogen and oxygen atoms in total. The van der Waals surface area contributed by atoms with Crippen LogP contribution in [0.1, 0.15) is 53.4 Å². The van der Waals surface area contributed by atoms with E-state index in [1.807, 2.05) is 13.8 Å². The Balaban J connectivity index is 2.65. The van der Waals surface area contributed by atoms with Crippen molar-refractivity contribution in [3.8, 4) is 0 Å². The standard InChI is InChI=1S/C16H30N2O3/c1-5-7-9-17(10-8-6-2)15(19)16(20)18-11-13(3)21-14(4)12-18/h13-14H,5-12H2,1-4H3. The number of carbonyl (C=O) groups excluding carboxylic acids is 2. The van der Waals surface area contributed by atoms with Gasteiger partial charge in [0.05, 0.1) is 12.2 Å². The quantitative estimate of drug-likeness (QED) is 0.705. The lowest BCUT2D eigenvalue weighted by Gasteiger charge is -2.36. The number of hydrogen-bond acceptors (Lipinski definition) is 3. The maximum absolute atomic E-state index is 12.5. The molecule has 0 radical (unpaired) electrons. The molecule has 0 aromatic rings. The van der Waals surface area contributed by atoms with E-state index in [0.29, 0.717) is 26.2 Å². The number of morpholine rings is 1. The normalized spacial score (nSPS) is 22.2. The molecule has 1 aliphatic rings. The van der Waals surface area contributed by atoms with E-state index >= 15 is 0 Å². The molecule has 1 aliphatic heterocycles. The Kier molecular flexibility index (Phi) is 7.72. The van der Waals surface area contributed by atoms with Gasteiger partial charge in [0.1, 0.15) is 0 Å². The molecule has 0 aromatic carbocycles. The third-order valence-electron chi connectivity index (χ3n) is 3.74. The first-order chi connectivity index (χ1) is 9.99. The fraction of sp³-hybridized carbons (Fsp3) is 0.875. The van der Waals surface area contributed by atoms with E-state index in [0.717, 1.165) is 25.7 Å². The van der Waals surface area contributed by atoms with Crippen LogP contribution in [0.5, 0.6) is 0 Å². The molecule has 0 saturated carbocycles. The van der Waals surface area contributed by atoms with Crippen molar-refractivity contribution in [2.45, 2.75) is 65.6 Å². The average molecular weight is 298 g/mol. The second-order valence-electron chi connectivity index (χ2n) is 5.97. The Morgan fingerprint density at radius 1 is 1.05 bits per heavy atom. The topological polar surface area (TPSA) is 49.9 Å². The van der Waals surface area contributed by atoms with Gasteiger partial charge in [0.2, 0.25) is 0 Å². The summed E-state index contributed by atoms with van der Waals surface area (Å²) >= 11 is 0. The fourth-order valence-electron chi connectivity index (χ4n) is 2.63. The lowest BCUT2D eigenvalue weighted by Crippen LogP contribution is -2.53. The van der Waals surface area contributed by atoms with Gasteiger partial charge in [0, 0.05) is 26.2 Å². The molecule has 122 valence electrons. The molecule has 1 heterocycles. The van der Waals surface area contributed by atoms with Crippen LogP contribution in [-0.2, 0) is 14.3 Å². The van der Waals surface area contributed by atoms with E-state index in [9.17, 15) is 9.59 Å². The fourth-order valence-corrected chi connectivity index (χ4v) is 2.63. The number of nitrogens with zero attached hydrogens (tertiary/aromatic N) is 2. The summed E-state index contributed by atoms with van der Waals surface area (Å²) in [6, 6.07) is 0. The molecule has 2 amide bonds. The highest BCUT2D eigenvalue weighted by Gasteiger charge is 2.31. The minimum atomic E-state index is -0.371. The largest absolute Gasteiger partial charge is 0.372 e. The molecule has 0 spiro atoms. The van der Waals surface area contributed by atoms with Crippen molar-refractivity contribution < 1.29 is 14.3 Å². The first-order valence-corrected chi connectivity index (χ1v) is 8.23. The summed E-state index contributed by atoms with van der Waals surface area (Å²) in [5, 5.41) is 0. The van der Waals surface area contributed by atoms with Crippen molar-refractivity contribution in [1.82, 2.24) is 9.80 Å². The lowest BCUT2D eigenvalue weighted by atomic mass is 10.2. The molecule has 0 aliphatic carbocycles. The van der Waals surface area contributed by atoms with Crippen LogP contribution in [0.4, 0.5) is 0 Å². The van der Waals surface area contributed by atoms with Crippen LogP contribution in [0.25, 0.3) is 0 Å². The van der Waals surface area contributed by atoms with Crippen molar-refractivity contribution in [1.29, 1.82) is 0 Å². The van der Waals surface area contributed by atoms with Gasteiger partial charge in [-0.2, -0.15) is 0 Å². The third kappa shape index (κ3) is 5.65. The number of carbonyl (C=O) groups is 2. The molecular formula is C16H30N2O3. The number of unbranched alkanes of at least 4 members (excludes halogenated alkanes) is 2. The summed E-state index contributed by atoms with van der Waals surface area (Å²) in [5.74, 6) is -0.720. The Morgan fingerprint density at radius 2 is 1.52 bits per heavy atom. The van der Waals surface area contributed by atoms with Crippen molar-refractivity contribution in [2.24, 2.45) is 0 Å². The Bertz CT molecular complexity index is 328. The third-order valence-corrected chi connectivity index (χ3v) is 3.74. The number of hydrogen-bond donors (Lipinski definition) is 0. The molecule has 0 bridgehead atoms. The molecule has 5 heteroatoms. The first-order valence-electron chi connectivity index (χ1n) is 8.23. The summed E-state index contributed by atoms with van der Waals surface area (Å²) in [5.41, 5.74) is 0. The second kappa shape index (κ2) is 9.03. The van der Waals surface area contributed by atoms with Crippen LogP contribution < -0.4 is 0 Å². The molecule has 0 aromatic heterocycles. The predicted molar refractivity (Wildman–Crippen MR) is 83.0 cm³/mol. The zero-order valence-corrected chi connectivity index (χ0v) is 13.9. The molecular weight excluding hydrogens is 268 g/mol. The van der Waals surface area contributed by atoms with Gasteiger partial charge in [0.25, 0.3) is 0 Å². The van der Waals surface area contributed by atoms with E-state index in [-0.39, 0.29) is 24.0 Å². The highest BCUT2D eigenvalue weighted by atomic mass is 16.5. The zero-order chi connectivity index (χ0) is 15.8. The van der Waals surface area contributed by atoms with E-state index in [2.05, 4.69) is 13.8 Å². The van der Waals surface area contributed by atoms with E-state index < -0.39 is 0 Å². The summed E-state index contributed by atoms with van der Waals surface area (Å²) in [6.45, 7) is 10.4. The molecule has 1 rings (SSSR count). The lowest BCUT2D eigenvalue weighted by molar-refractivity contribution is -0.158. The van der Waals surface area contributed by atoms with Gasteiger partial charge in [-0.15, -0.1) is 0 Å². The van der Waals surface area contributed by atoms with Gasteiger partial charge >= 0.3 is 11.8 Å². The minimum absolute atomic E-state index is 0.00904. The van der Waals surface area contributed by atoms with Gasteiger partial charge < -0.3 is 14.5 Å². The molecule has 1 fully saturated rings. The van der Waals surface area contributed by atoms with Crippen molar-refractivity contribution >= 4 is 11.8 Å². The van der Waals surface area contributed by atoms with Gasteiger partial charge in [0.15, 0.2) is 0 Å². The Labute approximate surface area is 128 Å². The minimum Gasteiger partial charge on any atom is -0.372 e. The Morgan fingerprint density at radius 3 is 1.95 bits per heavy atom. The molecule has 0 N–H and O–H groups in total. The monoisotopic (exact) mass is 298 g/mol. The molecule has 2 atom stereocenters. The van der Waals surface area contributed by atoms with E-state index in [1.165, 1.54) is 0 Å². The van der Waals surface area contributed by atoms with Crippen LogP contribution >= 0.6 is 0 Å². The van der Waals surface area contributed by atoms with Gasteiger partial charge in [-0.05, 0) is 26.7 Å². The van der Waals surface area contributed by atoms with Gasteiger partial charge in [-0.1, -0.05) is 26.7 Å². The highest BCUT2D eigenvalue weighted by molar-refractivity contribution is 6.34. The van der Waals surface area contributed by atoms with E-state index in [1.54, 1.807) is 9.80 Å². The van der Waals surface area contributed by atoms with Crippen LogP contribution in [-0.4, -0.2) is 60.0 Å². The zero-order valence-electron chi connectivity index (χ0n) is 13.9. The predicted octanol–water partition coefficient (Wildman–Crippen LogP) is 2.05. The van der Waals surface area contributed by atoms with Gasteiger partial charge in [-0.3, -0.25) is 9.59 Å². The summed E-state index contributed by atoms with van der Waals surface area (Å²) in [7, 11) is 0. The van der Waals surface area contributed by atoms with Crippen molar-refractivity contribution in [3.63, 3.8) is 0 Å². The maximum Gasteiger partial charge on any atom is 0.312 e. The molecule has 2 unspecified atom stereocenters. The molecule has 21 heavy (non-hydrogen) atoms. The highest BCUT2D eigenvalue weighted by Crippen LogP contribution is 2.12. The SMILES string of the molecule is CCCCN(CCCC)C(=O)C(=O)N1CC(C)OC(C)C1. The van der Waals surface area contributed by atoms with Gasteiger partial charge in [-0.25, -0.2) is 0 Å². The summed E-state index contributed by atoms with van der Waals surface area (Å²) in [4.78, 5) is 28.3. The molecule has 1 saturated heterocycles. The smallest absolute Gasteiger partial charge is 0.312 e. The summed E-state index contributed by atoms with van der Waals surface area (Å²) < 4.78 is 5.62. The van der Waals surface area contributed by atoms with Crippen LogP contribution in [0.3, 0.4) is 0 Å².